The van der Waals surface area contributed by atoms with Crippen molar-refractivity contribution >= 4 is 27.8 Å². The standard InChI is InChI=1S/C19H14N3O/c1-12-10-17-14(11-13(12)16-6-4-5-9-22(16)3)18-15(20-2)7-8-21-19(18)23-17/h4-11H,1,3H3/q+1. The molecule has 4 heteroatoms. The van der Waals surface area contributed by atoms with Crippen LogP contribution in [0, 0.1) is 13.5 Å². The number of pyridine rings is 2. The SMILES string of the molecule is [C-]#[N+]c1ccnc2oc3cc(C)c(-c4cccc[n+]4C)cc3c12. The third-order valence-electron chi connectivity index (χ3n) is 4.15. The van der Waals surface area contributed by atoms with Gasteiger partial charge in [-0.15, -0.1) is 0 Å². The van der Waals surface area contributed by atoms with E-state index >= 15 is 0 Å². The number of benzene rings is 1. The minimum atomic E-state index is 0.516. The highest BCUT2D eigenvalue weighted by Crippen LogP contribution is 2.37. The Morgan fingerprint density at radius 1 is 1.22 bits per heavy atom. The third-order valence-corrected chi connectivity index (χ3v) is 4.15. The maximum atomic E-state index is 7.39. The van der Waals surface area contributed by atoms with Gasteiger partial charge in [-0.1, -0.05) is 0 Å². The number of rotatable bonds is 1. The molecule has 4 aromatic rings. The van der Waals surface area contributed by atoms with Crippen molar-refractivity contribution in [2.45, 2.75) is 6.92 Å². The molecule has 3 heterocycles. The van der Waals surface area contributed by atoms with E-state index in [4.69, 9.17) is 11.0 Å². The molecular formula is C19H14N3O+. The summed E-state index contributed by atoms with van der Waals surface area (Å²) >= 11 is 0. The second-order valence-corrected chi connectivity index (χ2v) is 5.58. The molecule has 0 unspecified atom stereocenters. The Bertz CT molecular complexity index is 1100. The van der Waals surface area contributed by atoms with Crippen molar-refractivity contribution in [3.8, 4) is 11.3 Å². The molecule has 4 nitrogen and oxygen atoms in total. The van der Waals surface area contributed by atoms with Crippen molar-refractivity contribution in [2.75, 3.05) is 0 Å². The second-order valence-electron chi connectivity index (χ2n) is 5.58. The first kappa shape index (κ1) is 13.5. The maximum Gasteiger partial charge on any atom is 0.216 e. The summed E-state index contributed by atoms with van der Waals surface area (Å²) in [6.07, 6.45) is 3.64. The third kappa shape index (κ3) is 1.98. The van der Waals surface area contributed by atoms with E-state index in [2.05, 4.69) is 33.5 Å². The molecule has 3 aromatic heterocycles. The topological polar surface area (TPSA) is 34.3 Å². The molecule has 0 radical (unpaired) electrons. The molecule has 0 aliphatic carbocycles. The zero-order valence-electron chi connectivity index (χ0n) is 12.9. The fourth-order valence-electron chi connectivity index (χ4n) is 3.00. The van der Waals surface area contributed by atoms with Gasteiger partial charge in [0.05, 0.1) is 12.0 Å². The lowest BCUT2D eigenvalue weighted by molar-refractivity contribution is -0.660. The number of aromatic nitrogens is 2. The van der Waals surface area contributed by atoms with Crippen molar-refractivity contribution in [3.05, 3.63) is 65.8 Å². The molecule has 0 saturated heterocycles. The van der Waals surface area contributed by atoms with Gasteiger partial charge in [-0.05, 0) is 36.8 Å². The molecule has 0 atom stereocenters. The van der Waals surface area contributed by atoms with Gasteiger partial charge in [0.2, 0.25) is 17.1 Å². The average molecular weight is 300 g/mol. The number of aryl methyl sites for hydroxylation is 2. The highest BCUT2D eigenvalue weighted by Gasteiger charge is 2.17. The lowest BCUT2D eigenvalue weighted by Crippen LogP contribution is -2.30. The van der Waals surface area contributed by atoms with Crippen LogP contribution in [0.1, 0.15) is 5.56 Å². The van der Waals surface area contributed by atoms with Crippen molar-refractivity contribution in [1.82, 2.24) is 4.98 Å². The van der Waals surface area contributed by atoms with Crippen LogP contribution in [0.3, 0.4) is 0 Å². The summed E-state index contributed by atoms with van der Waals surface area (Å²) in [6.45, 7) is 9.45. The largest absolute Gasteiger partial charge is 0.439 e. The van der Waals surface area contributed by atoms with E-state index in [-0.39, 0.29) is 0 Å². The average Bonchev–Trinajstić information content (AvgIpc) is 2.92. The van der Waals surface area contributed by atoms with Gasteiger partial charge in [-0.2, -0.15) is 0 Å². The molecule has 0 fully saturated rings. The highest BCUT2D eigenvalue weighted by atomic mass is 16.3. The monoisotopic (exact) mass is 300 g/mol. The minimum Gasteiger partial charge on any atom is -0.439 e. The van der Waals surface area contributed by atoms with Crippen LogP contribution < -0.4 is 4.57 Å². The van der Waals surface area contributed by atoms with Crippen LogP contribution in [0.2, 0.25) is 0 Å². The Hall–Kier alpha value is -3.19. The van der Waals surface area contributed by atoms with E-state index < -0.39 is 0 Å². The predicted molar refractivity (Wildman–Crippen MR) is 89.1 cm³/mol. The smallest absolute Gasteiger partial charge is 0.216 e. The minimum absolute atomic E-state index is 0.516. The molecule has 110 valence electrons. The van der Waals surface area contributed by atoms with Crippen LogP contribution in [-0.2, 0) is 7.05 Å². The van der Waals surface area contributed by atoms with Crippen molar-refractivity contribution in [2.24, 2.45) is 7.05 Å². The van der Waals surface area contributed by atoms with Gasteiger partial charge in [0.15, 0.2) is 6.20 Å². The van der Waals surface area contributed by atoms with Gasteiger partial charge in [-0.3, -0.25) is 0 Å². The van der Waals surface area contributed by atoms with E-state index in [9.17, 15) is 0 Å². The van der Waals surface area contributed by atoms with Crippen LogP contribution in [-0.4, -0.2) is 4.98 Å². The zero-order valence-corrected chi connectivity index (χ0v) is 12.9. The predicted octanol–water partition coefficient (Wildman–Crippen LogP) is 4.33. The number of hydrogen-bond acceptors (Lipinski definition) is 2. The first-order valence-corrected chi connectivity index (χ1v) is 7.33. The van der Waals surface area contributed by atoms with E-state index in [1.807, 2.05) is 31.4 Å². The summed E-state index contributed by atoms with van der Waals surface area (Å²) in [5.41, 5.74) is 5.23. The Morgan fingerprint density at radius 3 is 2.87 bits per heavy atom. The molecule has 0 bridgehead atoms. The Kier molecular flexibility index (Phi) is 2.88. The first-order chi connectivity index (χ1) is 11.2. The van der Waals surface area contributed by atoms with Crippen molar-refractivity contribution < 1.29 is 8.98 Å². The number of nitrogens with zero attached hydrogens (tertiary/aromatic N) is 3. The number of furan rings is 1. The second kappa shape index (κ2) is 4.92. The van der Waals surface area contributed by atoms with Crippen LogP contribution in [0.4, 0.5) is 5.69 Å². The summed E-state index contributed by atoms with van der Waals surface area (Å²) in [6, 6.07) is 12.0. The summed E-state index contributed by atoms with van der Waals surface area (Å²) in [5, 5.41) is 1.72. The lowest BCUT2D eigenvalue weighted by atomic mass is 10.0. The molecule has 0 saturated carbocycles. The molecule has 0 aliphatic rings. The van der Waals surface area contributed by atoms with Gasteiger partial charge < -0.3 is 4.42 Å². The van der Waals surface area contributed by atoms with Gasteiger partial charge in [0.25, 0.3) is 0 Å². The fourth-order valence-corrected chi connectivity index (χ4v) is 3.00. The van der Waals surface area contributed by atoms with Crippen LogP contribution in [0.5, 0.6) is 0 Å². The van der Waals surface area contributed by atoms with E-state index in [0.29, 0.717) is 11.4 Å². The highest BCUT2D eigenvalue weighted by molar-refractivity contribution is 6.11. The molecule has 4 rings (SSSR count). The number of fused-ring (bicyclic) bond motifs is 3. The summed E-state index contributed by atoms with van der Waals surface area (Å²) in [5.74, 6) is 0. The lowest BCUT2D eigenvalue weighted by Gasteiger charge is -2.04. The quantitative estimate of drug-likeness (QED) is 0.387. The first-order valence-electron chi connectivity index (χ1n) is 7.33. The summed E-state index contributed by atoms with van der Waals surface area (Å²) < 4.78 is 7.92. The van der Waals surface area contributed by atoms with E-state index in [0.717, 1.165) is 33.2 Å². The van der Waals surface area contributed by atoms with Crippen LogP contribution in [0.15, 0.2) is 53.2 Å². The van der Waals surface area contributed by atoms with Gasteiger partial charge in [0, 0.05) is 29.3 Å². The summed E-state index contributed by atoms with van der Waals surface area (Å²) in [4.78, 5) is 7.87. The zero-order chi connectivity index (χ0) is 16.0. The summed E-state index contributed by atoms with van der Waals surface area (Å²) in [7, 11) is 2.03. The van der Waals surface area contributed by atoms with Crippen molar-refractivity contribution in [1.29, 1.82) is 0 Å². The van der Waals surface area contributed by atoms with Gasteiger partial charge in [0.1, 0.15) is 12.6 Å². The van der Waals surface area contributed by atoms with E-state index in [1.165, 1.54) is 0 Å². The van der Waals surface area contributed by atoms with Gasteiger partial charge in [-0.25, -0.2) is 14.4 Å². The van der Waals surface area contributed by atoms with Crippen molar-refractivity contribution in [3.63, 3.8) is 0 Å². The molecule has 1 aromatic carbocycles. The Morgan fingerprint density at radius 2 is 2.09 bits per heavy atom. The molecular weight excluding hydrogens is 286 g/mol. The van der Waals surface area contributed by atoms with Crippen LogP contribution in [0.25, 0.3) is 38.2 Å². The Balaban J connectivity index is 2.12. The maximum absolute atomic E-state index is 7.39. The fraction of sp³-hybridized carbons (Fsp3) is 0.105. The van der Waals surface area contributed by atoms with Gasteiger partial charge >= 0.3 is 0 Å². The molecule has 0 N–H and O–H groups in total. The number of hydrogen-bond donors (Lipinski definition) is 0. The molecule has 0 spiro atoms. The Labute approximate surface area is 133 Å². The van der Waals surface area contributed by atoms with Crippen LogP contribution >= 0.6 is 0 Å². The molecule has 23 heavy (non-hydrogen) atoms. The normalized spacial score (nSPS) is 11.0. The van der Waals surface area contributed by atoms with E-state index in [1.54, 1.807) is 12.3 Å². The molecule has 0 aliphatic heterocycles. The molecule has 0 amide bonds.